The van der Waals surface area contributed by atoms with Gasteiger partial charge in [0.15, 0.2) is 0 Å². The van der Waals surface area contributed by atoms with Crippen molar-refractivity contribution in [1.82, 2.24) is 5.32 Å². The fraction of sp³-hybridized carbons (Fsp3) is 0.933. The molecule has 0 aromatic rings. The lowest BCUT2D eigenvalue weighted by Crippen LogP contribution is -2.12. The SMILES string of the molecule is CCCCCCCCOC(=O)CCC1CCNC1. The standard InChI is InChI=1S/C15H29NO2/c1-2-3-4-5-6-7-12-18-15(17)9-8-14-10-11-16-13-14/h14,16H,2-13H2,1H3. The van der Waals surface area contributed by atoms with Gasteiger partial charge >= 0.3 is 5.97 Å². The molecule has 106 valence electrons. The van der Waals surface area contributed by atoms with Gasteiger partial charge in [-0.05, 0) is 38.3 Å². The average Bonchev–Trinajstić information content (AvgIpc) is 2.88. The molecule has 0 bridgehead atoms. The van der Waals surface area contributed by atoms with Crippen molar-refractivity contribution in [1.29, 1.82) is 0 Å². The molecule has 1 rings (SSSR count). The van der Waals surface area contributed by atoms with Gasteiger partial charge in [0.05, 0.1) is 6.61 Å². The zero-order chi connectivity index (χ0) is 13.1. The molecular formula is C15H29NO2. The monoisotopic (exact) mass is 255 g/mol. The Bertz CT molecular complexity index is 213. The summed E-state index contributed by atoms with van der Waals surface area (Å²) in [6, 6.07) is 0. The zero-order valence-electron chi connectivity index (χ0n) is 11.9. The van der Waals surface area contributed by atoms with Gasteiger partial charge in [-0.15, -0.1) is 0 Å². The van der Waals surface area contributed by atoms with Gasteiger partial charge in [-0.25, -0.2) is 0 Å². The van der Waals surface area contributed by atoms with Crippen molar-refractivity contribution in [2.45, 2.75) is 64.7 Å². The predicted molar refractivity (Wildman–Crippen MR) is 74.5 cm³/mol. The van der Waals surface area contributed by atoms with Gasteiger partial charge in [0.2, 0.25) is 0 Å². The molecule has 1 atom stereocenters. The average molecular weight is 255 g/mol. The minimum absolute atomic E-state index is 0.00421. The Morgan fingerprint density at radius 3 is 2.72 bits per heavy atom. The van der Waals surface area contributed by atoms with Crippen molar-refractivity contribution in [2.24, 2.45) is 5.92 Å². The summed E-state index contributed by atoms with van der Waals surface area (Å²) < 4.78 is 5.25. The van der Waals surface area contributed by atoms with Gasteiger partial charge in [-0.2, -0.15) is 0 Å². The topological polar surface area (TPSA) is 38.3 Å². The number of ether oxygens (including phenoxy) is 1. The maximum atomic E-state index is 11.5. The normalized spacial score (nSPS) is 19.1. The molecule has 0 aliphatic carbocycles. The van der Waals surface area contributed by atoms with E-state index in [2.05, 4.69) is 12.2 Å². The first-order chi connectivity index (χ1) is 8.83. The van der Waals surface area contributed by atoms with Crippen molar-refractivity contribution in [2.75, 3.05) is 19.7 Å². The predicted octanol–water partition coefficient (Wildman–Crippen LogP) is 3.28. The molecule has 1 fully saturated rings. The second kappa shape index (κ2) is 10.4. The molecule has 1 aliphatic heterocycles. The summed E-state index contributed by atoms with van der Waals surface area (Å²) in [6.07, 6.45) is 10.2. The van der Waals surface area contributed by atoms with Crippen molar-refractivity contribution >= 4 is 5.97 Å². The Morgan fingerprint density at radius 2 is 2.00 bits per heavy atom. The van der Waals surface area contributed by atoms with Crippen LogP contribution < -0.4 is 5.32 Å². The Hall–Kier alpha value is -0.570. The Morgan fingerprint density at radius 1 is 1.22 bits per heavy atom. The van der Waals surface area contributed by atoms with Crippen LogP contribution in [0.2, 0.25) is 0 Å². The largest absolute Gasteiger partial charge is 0.466 e. The highest BCUT2D eigenvalue weighted by molar-refractivity contribution is 5.69. The first-order valence-corrected chi connectivity index (χ1v) is 7.69. The molecule has 0 saturated carbocycles. The number of rotatable bonds is 10. The van der Waals surface area contributed by atoms with Gasteiger partial charge in [0, 0.05) is 6.42 Å². The molecule has 3 nitrogen and oxygen atoms in total. The van der Waals surface area contributed by atoms with E-state index in [9.17, 15) is 4.79 Å². The number of esters is 1. The highest BCUT2D eigenvalue weighted by Gasteiger charge is 2.15. The summed E-state index contributed by atoms with van der Waals surface area (Å²) >= 11 is 0. The molecule has 1 unspecified atom stereocenters. The lowest BCUT2D eigenvalue weighted by molar-refractivity contribution is -0.144. The molecule has 0 aromatic heterocycles. The number of hydrogen-bond donors (Lipinski definition) is 1. The summed E-state index contributed by atoms with van der Waals surface area (Å²) in [6.45, 7) is 5.03. The zero-order valence-corrected chi connectivity index (χ0v) is 11.9. The van der Waals surface area contributed by atoms with Crippen LogP contribution in [0, 0.1) is 5.92 Å². The van der Waals surface area contributed by atoms with Crippen LogP contribution in [0.1, 0.15) is 64.7 Å². The number of carbonyl (C=O) groups excluding carboxylic acids is 1. The van der Waals surface area contributed by atoms with Crippen molar-refractivity contribution < 1.29 is 9.53 Å². The molecule has 18 heavy (non-hydrogen) atoms. The van der Waals surface area contributed by atoms with Gasteiger partial charge in [-0.3, -0.25) is 4.79 Å². The lowest BCUT2D eigenvalue weighted by Gasteiger charge is -2.08. The Labute approximate surface area is 112 Å². The van der Waals surface area contributed by atoms with E-state index in [4.69, 9.17) is 4.74 Å². The van der Waals surface area contributed by atoms with Crippen molar-refractivity contribution in [3.8, 4) is 0 Å². The van der Waals surface area contributed by atoms with Crippen LogP contribution in [0.25, 0.3) is 0 Å². The second-order valence-electron chi connectivity index (χ2n) is 5.39. The minimum Gasteiger partial charge on any atom is -0.466 e. The van der Waals surface area contributed by atoms with Crippen LogP contribution >= 0.6 is 0 Å². The van der Waals surface area contributed by atoms with Gasteiger partial charge < -0.3 is 10.1 Å². The molecule has 0 spiro atoms. The van der Waals surface area contributed by atoms with E-state index in [0.717, 1.165) is 25.9 Å². The number of unbranched alkanes of at least 4 members (excludes halogenated alkanes) is 5. The second-order valence-corrected chi connectivity index (χ2v) is 5.39. The number of nitrogens with one attached hydrogen (secondary N) is 1. The van der Waals surface area contributed by atoms with E-state index in [1.54, 1.807) is 0 Å². The highest BCUT2D eigenvalue weighted by atomic mass is 16.5. The first kappa shape index (κ1) is 15.5. The fourth-order valence-electron chi connectivity index (χ4n) is 2.42. The highest BCUT2D eigenvalue weighted by Crippen LogP contribution is 2.14. The Kier molecular flexibility index (Phi) is 8.92. The molecule has 0 aromatic carbocycles. The third-order valence-electron chi connectivity index (χ3n) is 3.68. The van der Waals surface area contributed by atoms with Crippen LogP contribution in [0.4, 0.5) is 0 Å². The van der Waals surface area contributed by atoms with Crippen LogP contribution in [0.15, 0.2) is 0 Å². The molecule has 3 heteroatoms. The van der Waals surface area contributed by atoms with E-state index in [0.29, 0.717) is 18.9 Å². The first-order valence-electron chi connectivity index (χ1n) is 7.69. The minimum atomic E-state index is -0.00421. The quantitative estimate of drug-likeness (QED) is 0.481. The third kappa shape index (κ3) is 7.70. The van der Waals surface area contributed by atoms with Crippen LogP contribution in [-0.4, -0.2) is 25.7 Å². The van der Waals surface area contributed by atoms with Gasteiger partial charge in [-0.1, -0.05) is 39.0 Å². The number of hydrogen-bond acceptors (Lipinski definition) is 3. The summed E-state index contributed by atoms with van der Waals surface area (Å²) in [5, 5.41) is 3.32. The molecule has 0 amide bonds. The lowest BCUT2D eigenvalue weighted by atomic mass is 10.0. The molecule has 1 heterocycles. The number of carbonyl (C=O) groups is 1. The molecule has 1 aliphatic rings. The molecular weight excluding hydrogens is 226 g/mol. The van der Waals surface area contributed by atoms with Crippen LogP contribution in [0.5, 0.6) is 0 Å². The summed E-state index contributed by atoms with van der Waals surface area (Å²) in [5.74, 6) is 0.682. The van der Waals surface area contributed by atoms with Gasteiger partial charge in [0.25, 0.3) is 0 Å². The smallest absolute Gasteiger partial charge is 0.305 e. The Balaban J connectivity index is 1.84. The maximum Gasteiger partial charge on any atom is 0.305 e. The van der Waals surface area contributed by atoms with E-state index in [1.165, 1.54) is 38.5 Å². The van der Waals surface area contributed by atoms with E-state index in [1.807, 2.05) is 0 Å². The summed E-state index contributed by atoms with van der Waals surface area (Å²) in [5.41, 5.74) is 0. The fourth-order valence-corrected chi connectivity index (χ4v) is 2.42. The van der Waals surface area contributed by atoms with E-state index >= 15 is 0 Å². The van der Waals surface area contributed by atoms with Crippen molar-refractivity contribution in [3.63, 3.8) is 0 Å². The van der Waals surface area contributed by atoms with Crippen molar-refractivity contribution in [3.05, 3.63) is 0 Å². The van der Waals surface area contributed by atoms with E-state index in [-0.39, 0.29) is 5.97 Å². The van der Waals surface area contributed by atoms with E-state index < -0.39 is 0 Å². The maximum absolute atomic E-state index is 11.5. The van der Waals surface area contributed by atoms with Gasteiger partial charge in [0.1, 0.15) is 0 Å². The molecule has 1 saturated heterocycles. The third-order valence-corrected chi connectivity index (χ3v) is 3.68. The summed E-state index contributed by atoms with van der Waals surface area (Å²) in [4.78, 5) is 11.5. The molecule has 0 radical (unpaired) electrons. The van der Waals surface area contributed by atoms with Crippen LogP contribution in [-0.2, 0) is 9.53 Å². The van der Waals surface area contributed by atoms with Crippen LogP contribution in [0.3, 0.4) is 0 Å². The molecule has 1 N–H and O–H groups in total. The summed E-state index contributed by atoms with van der Waals surface area (Å²) in [7, 11) is 0.